The topological polar surface area (TPSA) is 49.4 Å². The second-order valence-electron chi connectivity index (χ2n) is 6.22. The van der Waals surface area contributed by atoms with Crippen molar-refractivity contribution < 1.29 is 9.59 Å². The Morgan fingerprint density at radius 1 is 1.30 bits per heavy atom. The average molecular weight is 272 g/mol. The molecule has 3 amide bonds. The zero-order valence-electron chi connectivity index (χ0n) is 12.0. The molecule has 1 aromatic rings. The highest BCUT2D eigenvalue weighted by molar-refractivity contribution is 6.06. The van der Waals surface area contributed by atoms with Crippen LogP contribution in [0.4, 0.5) is 4.79 Å². The Kier molecular flexibility index (Phi) is 3.04. The number of amides is 3. The van der Waals surface area contributed by atoms with Gasteiger partial charge in [-0.15, -0.1) is 0 Å². The van der Waals surface area contributed by atoms with E-state index in [1.54, 1.807) is 4.90 Å². The molecule has 0 radical (unpaired) electrons. The fourth-order valence-corrected chi connectivity index (χ4v) is 3.27. The molecule has 0 spiro atoms. The minimum Gasteiger partial charge on any atom is -0.310 e. The Morgan fingerprint density at radius 2 is 2.05 bits per heavy atom. The number of carbonyl (C=O) groups excluding carboxylic acids is 2. The monoisotopic (exact) mass is 272 g/mol. The third-order valence-corrected chi connectivity index (χ3v) is 4.59. The van der Waals surface area contributed by atoms with E-state index in [2.05, 4.69) is 29.6 Å². The van der Waals surface area contributed by atoms with Crippen LogP contribution in [0.1, 0.15) is 43.7 Å². The summed E-state index contributed by atoms with van der Waals surface area (Å²) in [5.41, 5.74) is 1.97. The van der Waals surface area contributed by atoms with Crippen molar-refractivity contribution in [3.05, 3.63) is 35.4 Å². The second-order valence-corrected chi connectivity index (χ2v) is 6.22. The largest absolute Gasteiger partial charge is 0.325 e. The van der Waals surface area contributed by atoms with Crippen LogP contribution in [0.2, 0.25) is 0 Å². The minimum atomic E-state index is -0.747. The quantitative estimate of drug-likeness (QED) is 0.841. The van der Waals surface area contributed by atoms with Crippen LogP contribution < -0.4 is 5.32 Å². The van der Waals surface area contributed by atoms with Gasteiger partial charge >= 0.3 is 6.03 Å². The van der Waals surface area contributed by atoms with Gasteiger partial charge < -0.3 is 4.90 Å². The lowest BCUT2D eigenvalue weighted by Gasteiger charge is -2.34. The van der Waals surface area contributed by atoms with Crippen LogP contribution >= 0.6 is 0 Å². The maximum absolute atomic E-state index is 12.0. The Morgan fingerprint density at radius 3 is 2.75 bits per heavy atom. The summed E-state index contributed by atoms with van der Waals surface area (Å²) < 4.78 is 0. The van der Waals surface area contributed by atoms with E-state index in [9.17, 15) is 9.59 Å². The van der Waals surface area contributed by atoms with Gasteiger partial charge in [0.05, 0.1) is 0 Å². The van der Waals surface area contributed by atoms with Gasteiger partial charge in [-0.05, 0) is 44.2 Å². The summed E-state index contributed by atoms with van der Waals surface area (Å²) in [6.07, 6.45) is 3.33. The molecule has 1 aromatic carbocycles. The Balaban J connectivity index is 1.86. The van der Waals surface area contributed by atoms with Crippen LogP contribution in [0.5, 0.6) is 0 Å². The standard InChI is InChI=1S/C16H20N2O2/c1-16(2)14(19)17-15(20)18(16)10-12-8-5-7-11-6-3-4-9-13(11)12/h3-4,6,9,12H,5,7-8,10H2,1-2H3,(H,17,19,20). The van der Waals surface area contributed by atoms with Gasteiger partial charge in [0.25, 0.3) is 5.91 Å². The number of imide groups is 1. The first-order valence-corrected chi connectivity index (χ1v) is 7.21. The average Bonchev–Trinajstić information content (AvgIpc) is 2.62. The number of nitrogens with one attached hydrogen (secondary N) is 1. The van der Waals surface area contributed by atoms with E-state index in [0.717, 1.165) is 19.3 Å². The molecule has 1 unspecified atom stereocenters. The third-order valence-electron chi connectivity index (χ3n) is 4.59. The van der Waals surface area contributed by atoms with Crippen molar-refractivity contribution in [1.82, 2.24) is 10.2 Å². The van der Waals surface area contributed by atoms with Gasteiger partial charge in [-0.1, -0.05) is 24.3 Å². The lowest BCUT2D eigenvalue weighted by molar-refractivity contribution is -0.125. The molecule has 4 heteroatoms. The number of nitrogens with zero attached hydrogens (tertiary/aromatic N) is 1. The molecule has 1 fully saturated rings. The highest BCUT2D eigenvalue weighted by atomic mass is 16.2. The van der Waals surface area contributed by atoms with Crippen molar-refractivity contribution in [3.8, 4) is 0 Å². The molecule has 1 aliphatic carbocycles. The first-order chi connectivity index (χ1) is 9.50. The van der Waals surface area contributed by atoms with Crippen molar-refractivity contribution in [2.45, 2.75) is 44.6 Å². The molecule has 106 valence electrons. The highest BCUT2D eigenvalue weighted by Gasteiger charge is 2.46. The van der Waals surface area contributed by atoms with Gasteiger partial charge in [-0.25, -0.2) is 4.79 Å². The molecule has 20 heavy (non-hydrogen) atoms. The molecular formula is C16H20N2O2. The van der Waals surface area contributed by atoms with Gasteiger partial charge in [-0.3, -0.25) is 10.1 Å². The first kappa shape index (κ1) is 13.2. The van der Waals surface area contributed by atoms with Gasteiger partial charge in [0.15, 0.2) is 0 Å². The van der Waals surface area contributed by atoms with Crippen LogP contribution in [0.3, 0.4) is 0 Å². The Hall–Kier alpha value is -1.84. The molecule has 0 aromatic heterocycles. The molecule has 2 aliphatic rings. The summed E-state index contributed by atoms with van der Waals surface area (Å²) >= 11 is 0. The van der Waals surface area contributed by atoms with E-state index in [4.69, 9.17) is 0 Å². The van der Waals surface area contributed by atoms with E-state index in [-0.39, 0.29) is 11.9 Å². The number of carbonyl (C=O) groups is 2. The number of aryl methyl sites for hydroxylation is 1. The zero-order valence-corrected chi connectivity index (χ0v) is 12.0. The molecule has 1 N–H and O–H groups in total. The number of hydrogen-bond donors (Lipinski definition) is 1. The Bertz CT molecular complexity index is 565. The normalized spacial score (nSPS) is 24.5. The van der Waals surface area contributed by atoms with Crippen LogP contribution in [-0.4, -0.2) is 28.9 Å². The number of rotatable bonds is 2. The second kappa shape index (κ2) is 4.62. The molecular weight excluding hydrogens is 252 g/mol. The van der Waals surface area contributed by atoms with E-state index >= 15 is 0 Å². The lowest BCUT2D eigenvalue weighted by Crippen LogP contribution is -2.46. The maximum atomic E-state index is 12.0. The van der Waals surface area contributed by atoms with Crippen LogP contribution in [0.25, 0.3) is 0 Å². The van der Waals surface area contributed by atoms with Gasteiger partial charge in [0.2, 0.25) is 0 Å². The van der Waals surface area contributed by atoms with Crippen LogP contribution in [-0.2, 0) is 11.2 Å². The van der Waals surface area contributed by atoms with Crippen LogP contribution in [0.15, 0.2) is 24.3 Å². The number of hydrogen-bond acceptors (Lipinski definition) is 2. The molecule has 3 rings (SSSR count). The first-order valence-electron chi connectivity index (χ1n) is 7.21. The van der Waals surface area contributed by atoms with Gasteiger partial charge in [-0.2, -0.15) is 0 Å². The van der Waals surface area contributed by atoms with E-state index in [1.807, 2.05) is 13.8 Å². The smallest absolute Gasteiger partial charge is 0.310 e. The number of fused-ring (bicyclic) bond motifs is 1. The summed E-state index contributed by atoms with van der Waals surface area (Å²) in [5.74, 6) is 0.127. The molecule has 1 atom stereocenters. The summed E-state index contributed by atoms with van der Waals surface area (Å²) in [4.78, 5) is 25.5. The fraction of sp³-hybridized carbons (Fsp3) is 0.500. The van der Waals surface area contributed by atoms with Crippen molar-refractivity contribution in [1.29, 1.82) is 0 Å². The fourth-order valence-electron chi connectivity index (χ4n) is 3.27. The number of urea groups is 1. The molecule has 0 bridgehead atoms. The lowest BCUT2D eigenvalue weighted by atomic mass is 9.82. The molecule has 1 saturated heterocycles. The molecule has 4 nitrogen and oxygen atoms in total. The van der Waals surface area contributed by atoms with Crippen molar-refractivity contribution in [2.24, 2.45) is 0 Å². The predicted octanol–water partition coefficient (Wildman–Crippen LogP) is 2.44. The molecule has 0 saturated carbocycles. The van der Waals surface area contributed by atoms with Crippen LogP contribution in [0, 0.1) is 0 Å². The minimum absolute atomic E-state index is 0.202. The van der Waals surface area contributed by atoms with Crippen molar-refractivity contribution in [2.75, 3.05) is 6.54 Å². The van der Waals surface area contributed by atoms with Crippen molar-refractivity contribution >= 4 is 11.9 Å². The maximum Gasteiger partial charge on any atom is 0.325 e. The third kappa shape index (κ3) is 1.99. The highest BCUT2D eigenvalue weighted by Crippen LogP contribution is 2.34. The van der Waals surface area contributed by atoms with E-state index < -0.39 is 5.54 Å². The van der Waals surface area contributed by atoms with E-state index in [1.165, 1.54) is 11.1 Å². The summed E-state index contributed by atoms with van der Waals surface area (Å²) in [6.45, 7) is 4.23. The summed E-state index contributed by atoms with van der Waals surface area (Å²) in [5, 5.41) is 2.42. The SMILES string of the molecule is CC1(C)C(=O)NC(=O)N1CC1CCCc2ccccc21. The van der Waals surface area contributed by atoms with Gasteiger partial charge in [0.1, 0.15) is 5.54 Å². The summed E-state index contributed by atoms with van der Waals surface area (Å²) in [6, 6.07) is 8.18. The number of benzene rings is 1. The predicted molar refractivity (Wildman–Crippen MR) is 76.4 cm³/mol. The summed E-state index contributed by atoms with van der Waals surface area (Å²) in [7, 11) is 0. The van der Waals surface area contributed by atoms with E-state index in [0.29, 0.717) is 12.5 Å². The Labute approximate surface area is 119 Å². The van der Waals surface area contributed by atoms with Crippen molar-refractivity contribution in [3.63, 3.8) is 0 Å². The van der Waals surface area contributed by atoms with Gasteiger partial charge in [0, 0.05) is 12.5 Å². The molecule has 1 aliphatic heterocycles. The zero-order chi connectivity index (χ0) is 14.3. The molecule has 1 heterocycles.